The first-order chi connectivity index (χ1) is 10.7. The molecule has 108 valence electrons. The first-order valence-corrected chi connectivity index (χ1v) is 7.18. The molecule has 0 spiro atoms. The number of aromatic nitrogens is 2. The van der Waals surface area contributed by atoms with Crippen molar-refractivity contribution in [2.24, 2.45) is 0 Å². The summed E-state index contributed by atoms with van der Waals surface area (Å²) in [7, 11) is 0. The maximum absolute atomic E-state index is 12.6. The average Bonchev–Trinajstić information content (AvgIpc) is 3.12. The number of hydrogen-bond acceptors (Lipinski definition) is 1. The Labute approximate surface area is 127 Å². The van der Waals surface area contributed by atoms with Crippen molar-refractivity contribution < 1.29 is 4.79 Å². The molecule has 0 unspecified atom stereocenters. The minimum atomic E-state index is -0.118. The van der Waals surface area contributed by atoms with E-state index in [1.54, 1.807) is 0 Å². The predicted octanol–water partition coefficient (Wildman–Crippen LogP) is 4.21. The van der Waals surface area contributed by atoms with Crippen LogP contribution in [0.1, 0.15) is 16.1 Å². The summed E-state index contributed by atoms with van der Waals surface area (Å²) in [6.45, 7) is 2.01. The van der Waals surface area contributed by atoms with E-state index in [4.69, 9.17) is 0 Å². The van der Waals surface area contributed by atoms with Crippen LogP contribution in [0.25, 0.3) is 21.8 Å². The van der Waals surface area contributed by atoms with Crippen LogP contribution in [0.3, 0.4) is 0 Å². The summed E-state index contributed by atoms with van der Waals surface area (Å²) in [5.41, 5.74) is 4.31. The summed E-state index contributed by atoms with van der Waals surface area (Å²) in [5.74, 6) is -0.118. The van der Waals surface area contributed by atoms with Gasteiger partial charge in [-0.2, -0.15) is 0 Å². The Hall–Kier alpha value is -3.01. The molecule has 3 N–H and O–H groups in total. The Morgan fingerprint density at radius 1 is 1.00 bits per heavy atom. The van der Waals surface area contributed by atoms with Gasteiger partial charge >= 0.3 is 0 Å². The zero-order valence-electron chi connectivity index (χ0n) is 12.1. The molecule has 1 amide bonds. The molecule has 0 fully saturated rings. The van der Waals surface area contributed by atoms with Crippen LogP contribution in [-0.4, -0.2) is 15.9 Å². The van der Waals surface area contributed by atoms with E-state index in [-0.39, 0.29) is 5.91 Å². The van der Waals surface area contributed by atoms with Crippen LogP contribution in [0, 0.1) is 6.92 Å². The van der Waals surface area contributed by atoms with Gasteiger partial charge in [0.2, 0.25) is 0 Å². The van der Waals surface area contributed by atoms with Gasteiger partial charge in [-0.3, -0.25) is 4.79 Å². The monoisotopic (exact) mass is 289 g/mol. The van der Waals surface area contributed by atoms with Crippen LogP contribution in [0.15, 0.2) is 54.7 Å². The van der Waals surface area contributed by atoms with E-state index in [1.807, 2.05) is 55.6 Å². The number of fused-ring (bicyclic) bond motifs is 2. The fourth-order valence-electron chi connectivity index (χ4n) is 2.86. The Balaban J connectivity index is 1.76. The molecule has 2 heterocycles. The van der Waals surface area contributed by atoms with Crippen molar-refractivity contribution in [1.29, 1.82) is 0 Å². The third-order valence-electron chi connectivity index (χ3n) is 3.87. The van der Waals surface area contributed by atoms with Crippen LogP contribution < -0.4 is 5.32 Å². The van der Waals surface area contributed by atoms with E-state index in [1.165, 1.54) is 0 Å². The van der Waals surface area contributed by atoms with Crippen molar-refractivity contribution in [2.75, 3.05) is 5.32 Å². The molecule has 2 aromatic heterocycles. The number of nitrogens with one attached hydrogen (secondary N) is 3. The van der Waals surface area contributed by atoms with Gasteiger partial charge in [-0.05, 0) is 31.2 Å². The quantitative estimate of drug-likeness (QED) is 0.508. The number of amides is 1. The number of aryl methyl sites for hydroxylation is 1. The minimum absolute atomic E-state index is 0.118. The maximum Gasteiger partial charge on any atom is 0.257 e. The molecule has 0 bridgehead atoms. The molecule has 0 saturated heterocycles. The second-order valence-corrected chi connectivity index (χ2v) is 5.42. The number of anilines is 1. The molecule has 0 aliphatic heterocycles. The van der Waals surface area contributed by atoms with Crippen molar-refractivity contribution in [3.8, 4) is 0 Å². The summed E-state index contributed by atoms with van der Waals surface area (Å²) < 4.78 is 0. The highest BCUT2D eigenvalue weighted by Crippen LogP contribution is 2.25. The van der Waals surface area contributed by atoms with E-state index < -0.39 is 0 Å². The van der Waals surface area contributed by atoms with Crippen LogP contribution in [0.2, 0.25) is 0 Å². The number of H-pyrrole nitrogens is 2. The Bertz CT molecular complexity index is 994. The zero-order valence-corrected chi connectivity index (χ0v) is 12.1. The van der Waals surface area contributed by atoms with E-state index in [0.29, 0.717) is 5.56 Å². The van der Waals surface area contributed by atoms with Crippen LogP contribution in [0.4, 0.5) is 5.69 Å². The second kappa shape index (κ2) is 4.77. The summed E-state index contributed by atoms with van der Waals surface area (Å²) in [4.78, 5) is 19.1. The van der Waals surface area contributed by atoms with Gasteiger partial charge in [0.25, 0.3) is 5.91 Å². The van der Waals surface area contributed by atoms with Gasteiger partial charge in [0.05, 0.1) is 22.3 Å². The third kappa shape index (κ3) is 1.97. The van der Waals surface area contributed by atoms with Gasteiger partial charge < -0.3 is 15.3 Å². The van der Waals surface area contributed by atoms with Gasteiger partial charge in [-0.1, -0.05) is 24.3 Å². The zero-order chi connectivity index (χ0) is 15.1. The molecule has 0 saturated carbocycles. The van der Waals surface area contributed by atoms with Gasteiger partial charge in [0, 0.05) is 22.7 Å². The minimum Gasteiger partial charge on any atom is -0.361 e. The smallest absolute Gasteiger partial charge is 0.257 e. The lowest BCUT2D eigenvalue weighted by atomic mass is 10.1. The molecule has 22 heavy (non-hydrogen) atoms. The number of rotatable bonds is 2. The fraction of sp³-hybridized carbons (Fsp3) is 0.0556. The van der Waals surface area contributed by atoms with Crippen molar-refractivity contribution in [3.05, 3.63) is 66.0 Å². The van der Waals surface area contributed by atoms with Gasteiger partial charge in [0.15, 0.2) is 0 Å². The van der Waals surface area contributed by atoms with Gasteiger partial charge in [-0.15, -0.1) is 0 Å². The van der Waals surface area contributed by atoms with Gasteiger partial charge in [-0.25, -0.2) is 0 Å². The molecule has 4 aromatic rings. The number of aromatic amines is 2. The fourth-order valence-corrected chi connectivity index (χ4v) is 2.86. The molecular formula is C18H15N3O. The summed E-state index contributed by atoms with van der Waals surface area (Å²) >= 11 is 0. The topological polar surface area (TPSA) is 60.7 Å². The number of carbonyl (C=O) groups is 1. The normalized spacial score (nSPS) is 11.1. The first-order valence-electron chi connectivity index (χ1n) is 7.18. The molecule has 2 aromatic carbocycles. The number of para-hydroxylation sites is 2. The average molecular weight is 289 g/mol. The Morgan fingerprint density at radius 3 is 2.73 bits per heavy atom. The summed E-state index contributed by atoms with van der Waals surface area (Å²) in [5, 5.41) is 5.13. The van der Waals surface area contributed by atoms with Crippen molar-refractivity contribution in [2.45, 2.75) is 6.92 Å². The van der Waals surface area contributed by atoms with Crippen molar-refractivity contribution in [3.63, 3.8) is 0 Å². The molecule has 4 heteroatoms. The van der Waals surface area contributed by atoms with Crippen LogP contribution in [-0.2, 0) is 0 Å². The molecule has 4 rings (SSSR count). The highest BCUT2D eigenvalue weighted by molar-refractivity contribution is 6.14. The van der Waals surface area contributed by atoms with E-state index in [2.05, 4.69) is 21.4 Å². The summed E-state index contributed by atoms with van der Waals surface area (Å²) in [6.07, 6.45) is 1.84. The van der Waals surface area contributed by atoms with Gasteiger partial charge in [0.1, 0.15) is 0 Å². The number of hydrogen-bond donors (Lipinski definition) is 3. The molecular weight excluding hydrogens is 274 g/mol. The summed E-state index contributed by atoms with van der Waals surface area (Å²) in [6, 6.07) is 15.6. The standard InChI is InChI=1S/C18H15N3O/c1-11-10-13-5-3-7-15(17(13)20-11)21-18(22)14-6-2-4-12-8-9-19-16(12)14/h2-10,19-20H,1H3,(H,21,22). The molecule has 0 atom stereocenters. The molecule has 0 radical (unpaired) electrons. The lowest BCUT2D eigenvalue weighted by molar-refractivity contribution is 0.102. The lowest BCUT2D eigenvalue weighted by Gasteiger charge is -2.07. The van der Waals surface area contributed by atoms with Crippen LogP contribution in [0.5, 0.6) is 0 Å². The highest BCUT2D eigenvalue weighted by atomic mass is 16.1. The lowest BCUT2D eigenvalue weighted by Crippen LogP contribution is -2.12. The van der Waals surface area contributed by atoms with E-state index >= 15 is 0 Å². The van der Waals surface area contributed by atoms with Crippen molar-refractivity contribution in [1.82, 2.24) is 9.97 Å². The van der Waals surface area contributed by atoms with Crippen LogP contribution >= 0.6 is 0 Å². The largest absolute Gasteiger partial charge is 0.361 e. The van der Waals surface area contributed by atoms with E-state index in [9.17, 15) is 4.79 Å². The molecule has 4 nitrogen and oxygen atoms in total. The third-order valence-corrected chi connectivity index (χ3v) is 3.87. The van der Waals surface area contributed by atoms with E-state index in [0.717, 1.165) is 33.2 Å². The SMILES string of the molecule is Cc1cc2cccc(NC(=O)c3cccc4cc[nH]c34)c2[nH]1. The van der Waals surface area contributed by atoms with Crippen molar-refractivity contribution >= 4 is 33.4 Å². The first kappa shape index (κ1) is 12.7. The maximum atomic E-state index is 12.6. The highest BCUT2D eigenvalue weighted by Gasteiger charge is 2.13. The number of benzene rings is 2. The molecule has 0 aliphatic rings. The second-order valence-electron chi connectivity index (χ2n) is 5.42. The predicted molar refractivity (Wildman–Crippen MR) is 89.3 cm³/mol. The number of carbonyl (C=O) groups excluding carboxylic acids is 1. The molecule has 0 aliphatic carbocycles. The Kier molecular flexibility index (Phi) is 2.76. The Morgan fingerprint density at radius 2 is 1.82 bits per heavy atom.